The summed E-state index contributed by atoms with van der Waals surface area (Å²) in [5.41, 5.74) is 6.87. The minimum absolute atomic E-state index is 0. The predicted molar refractivity (Wildman–Crippen MR) is 110 cm³/mol. The zero-order chi connectivity index (χ0) is 17.7. The number of nitrogens with one attached hydrogen (secondary N) is 1. The van der Waals surface area contributed by atoms with Crippen LogP contribution >= 0.6 is 36.2 Å². The van der Waals surface area contributed by atoms with Gasteiger partial charge in [-0.3, -0.25) is 4.79 Å². The molecule has 0 spiro atoms. The van der Waals surface area contributed by atoms with Crippen LogP contribution in [-0.4, -0.2) is 37.2 Å². The van der Waals surface area contributed by atoms with E-state index in [0.717, 1.165) is 16.3 Å². The summed E-state index contributed by atoms with van der Waals surface area (Å²) in [6.45, 7) is 4.16. The van der Waals surface area contributed by atoms with Gasteiger partial charge in [-0.2, -0.15) is 0 Å². The maximum Gasteiger partial charge on any atom is 0.226 e. The Hall–Kier alpha value is -1.54. The number of carbonyl (C=O) groups is 1. The van der Waals surface area contributed by atoms with Crippen molar-refractivity contribution in [2.24, 2.45) is 5.73 Å². The summed E-state index contributed by atoms with van der Waals surface area (Å²) in [5, 5.41) is 5.62. The second-order valence-electron chi connectivity index (χ2n) is 6.03. The van der Waals surface area contributed by atoms with E-state index in [9.17, 15) is 4.79 Å². The molecule has 3 N–H and O–H groups in total. The van der Waals surface area contributed by atoms with Gasteiger partial charge in [-0.05, 0) is 32.0 Å². The van der Waals surface area contributed by atoms with Gasteiger partial charge in [0.15, 0.2) is 11.5 Å². The van der Waals surface area contributed by atoms with Crippen LogP contribution in [0.25, 0.3) is 10.6 Å². The van der Waals surface area contributed by atoms with E-state index in [0.29, 0.717) is 18.0 Å². The third-order valence-electron chi connectivity index (χ3n) is 3.51. The number of carbonyl (C=O) groups excluding carboxylic acids is 1. The third kappa shape index (κ3) is 6.32. The molecule has 1 aromatic heterocycles. The average molecular weight is 422 g/mol. The largest absolute Gasteiger partial charge is 0.493 e. The number of rotatable bonds is 7. The van der Waals surface area contributed by atoms with Crippen molar-refractivity contribution in [3.05, 3.63) is 29.3 Å². The Labute approximate surface area is 170 Å². The first-order valence-electron chi connectivity index (χ1n) is 7.56. The molecule has 0 bridgehead atoms. The van der Waals surface area contributed by atoms with Crippen molar-refractivity contribution in [1.82, 2.24) is 10.3 Å². The molecule has 2 aromatic rings. The molecule has 146 valence electrons. The molecule has 6 nitrogen and oxygen atoms in total. The van der Waals surface area contributed by atoms with Gasteiger partial charge in [-0.1, -0.05) is 0 Å². The van der Waals surface area contributed by atoms with E-state index in [1.807, 2.05) is 37.4 Å². The van der Waals surface area contributed by atoms with Crippen LogP contribution in [0.15, 0.2) is 23.6 Å². The van der Waals surface area contributed by atoms with Crippen LogP contribution in [0.1, 0.15) is 19.5 Å². The van der Waals surface area contributed by atoms with Crippen LogP contribution < -0.4 is 20.5 Å². The monoisotopic (exact) mass is 421 g/mol. The van der Waals surface area contributed by atoms with Gasteiger partial charge in [-0.15, -0.1) is 36.2 Å². The minimum Gasteiger partial charge on any atom is -0.493 e. The van der Waals surface area contributed by atoms with Crippen molar-refractivity contribution in [3.63, 3.8) is 0 Å². The maximum atomic E-state index is 12.1. The Balaban J connectivity index is 0.00000312. The number of nitrogens with zero attached hydrogens (tertiary/aromatic N) is 1. The topological polar surface area (TPSA) is 86.5 Å². The van der Waals surface area contributed by atoms with Crippen molar-refractivity contribution in [1.29, 1.82) is 0 Å². The smallest absolute Gasteiger partial charge is 0.226 e. The fraction of sp³-hybridized carbons (Fsp3) is 0.412. The highest BCUT2D eigenvalue weighted by atomic mass is 35.5. The number of hydrogen-bond donors (Lipinski definition) is 2. The van der Waals surface area contributed by atoms with Gasteiger partial charge in [0.1, 0.15) is 5.01 Å². The molecule has 0 aliphatic heterocycles. The number of halogens is 2. The van der Waals surface area contributed by atoms with Crippen LogP contribution in [0.3, 0.4) is 0 Å². The predicted octanol–water partition coefficient (Wildman–Crippen LogP) is 3.07. The zero-order valence-corrected chi connectivity index (χ0v) is 17.6. The number of hydrogen-bond acceptors (Lipinski definition) is 6. The van der Waals surface area contributed by atoms with E-state index < -0.39 is 5.54 Å². The van der Waals surface area contributed by atoms with E-state index in [1.54, 1.807) is 14.2 Å². The summed E-state index contributed by atoms with van der Waals surface area (Å²) in [7, 11) is 3.19. The van der Waals surface area contributed by atoms with Crippen LogP contribution in [0.4, 0.5) is 0 Å². The lowest BCUT2D eigenvalue weighted by molar-refractivity contribution is -0.121. The molecule has 2 rings (SSSR count). The van der Waals surface area contributed by atoms with Crippen molar-refractivity contribution < 1.29 is 14.3 Å². The van der Waals surface area contributed by atoms with Gasteiger partial charge in [0.25, 0.3) is 0 Å². The molecule has 1 heterocycles. The molecule has 1 amide bonds. The fourth-order valence-electron chi connectivity index (χ4n) is 2.13. The quantitative estimate of drug-likeness (QED) is 0.716. The van der Waals surface area contributed by atoms with Crippen LogP contribution in [0.2, 0.25) is 0 Å². The normalized spacial score (nSPS) is 10.3. The van der Waals surface area contributed by atoms with Gasteiger partial charge in [0.2, 0.25) is 5.91 Å². The van der Waals surface area contributed by atoms with Crippen LogP contribution in [0.5, 0.6) is 11.5 Å². The lowest BCUT2D eigenvalue weighted by Gasteiger charge is -2.23. The van der Waals surface area contributed by atoms with Gasteiger partial charge >= 0.3 is 0 Å². The van der Waals surface area contributed by atoms with E-state index in [1.165, 1.54) is 11.3 Å². The Morgan fingerprint density at radius 3 is 2.46 bits per heavy atom. The summed E-state index contributed by atoms with van der Waals surface area (Å²) in [5.74, 6) is 1.23. The molecule has 0 aliphatic carbocycles. The highest BCUT2D eigenvalue weighted by Crippen LogP contribution is 2.33. The molecule has 0 atom stereocenters. The molecule has 0 saturated heterocycles. The zero-order valence-electron chi connectivity index (χ0n) is 15.2. The van der Waals surface area contributed by atoms with Gasteiger partial charge in [0, 0.05) is 23.0 Å². The maximum absolute atomic E-state index is 12.1. The number of nitrogens with two attached hydrogens (primary N) is 1. The third-order valence-corrected chi connectivity index (χ3v) is 4.45. The highest BCUT2D eigenvalue weighted by molar-refractivity contribution is 7.13. The van der Waals surface area contributed by atoms with Crippen molar-refractivity contribution >= 4 is 42.1 Å². The molecule has 0 radical (unpaired) electrons. The van der Waals surface area contributed by atoms with Gasteiger partial charge < -0.3 is 20.5 Å². The summed E-state index contributed by atoms with van der Waals surface area (Å²) in [4.78, 5) is 16.6. The molecule has 1 aromatic carbocycles. The minimum atomic E-state index is -0.417. The van der Waals surface area contributed by atoms with Crippen molar-refractivity contribution in [2.45, 2.75) is 25.8 Å². The molecular weight excluding hydrogens is 397 g/mol. The fourth-order valence-corrected chi connectivity index (χ4v) is 2.94. The second kappa shape index (κ2) is 10.6. The summed E-state index contributed by atoms with van der Waals surface area (Å²) < 4.78 is 10.5. The first-order chi connectivity index (χ1) is 11.4. The number of ether oxygens (including phenoxy) is 2. The summed E-state index contributed by atoms with van der Waals surface area (Å²) in [6, 6.07) is 5.63. The first-order valence-corrected chi connectivity index (χ1v) is 8.44. The van der Waals surface area contributed by atoms with Crippen molar-refractivity contribution in [3.8, 4) is 22.1 Å². The summed E-state index contributed by atoms with van der Waals surface area (Å²) in [6.07, 6.45) is 0.229. The standard InChI is InChI=1S/C17H23N3O3S.2ClH/c1-17(2,10-18)20-15(21)8-12-9-24-16(19-12)11-5-6-13(22-3)14(7-11)23-4;;/h5-7,9H,8,10,18H2,1-4H3,(H,20,21);2*1H. The first kappa shape index (κ1) is 24.5. The lowest BCUT2D eigenvalue weighted by atomic mass is 10.1. The lowest BCUT2D eigenvalue weighted by Crippen LogP contribution is -2.49. The van der Waals surface area contributed by atoms with Crippen LogP contribution in [-0.2, 0) is 11.2 Å². The molecule has 0 saturated carbocycles. The van der Waals surface area contributed by atoms with Gasteiger partial charge in [-0.25, -0.2) is 4.98 Å². The van der Waals surface area contributed by atoms with Gasteiger partial charge in [0.05, 0.1) is 26.3 Å². The number of methoxy groups -OCH3 is 2. The molecule has 0 fully saturated rings. The summed E-state index contributed by atoms with van der Waals surface area (Å²) >= 11 is 1.49. The number of thiazole rings is 1. The average Bonchev–Trinajstić information content (AvgIpc) is 3.01. The molecule has 26 heavy (non-hydrogen) atoms. The highest BCUT2D eigenvalue weighted by Gasteiger charge is 2.19. The van der Waals surface area contributed by atoms with E-state index in [4.69, 9.17) is 15.2 Å². The van der Waals surface area contributed by atoms with Crippen LogP contribution in [0, 0.1) is 0 Å². The Kier molecular flexibility index (Phi) is 9.94. The molecule has 9 heteroatoms. The molecular formula is C17H25Cl2N3O3S. The molecule has 0 aliphatic rings. The SMILES string of the molecule is COc1ccc(-c2nc(CC(=O)NC(C)(C)CN)cs2)cc1OC.Cl.Cl. The Morgan fingerprint density at radius 1 is 1.23 bits per heavy atom. The van der Waals surface area contributed by atoms with E-state index in [-0.39, 0.29) is 37.1 Å². The van der Waals surface area contributed by atoms with Crippen molar-refractivity contribution in [2.75, 3.05) is 20.8 Å². The number of aromatic nitrogens is 1. The number of amides is 1. The van der Waals surface area contributed by atoms with E-state index >= 15 is 0 Å². The Morgan fingerprint density at radius 2 is 1.88 bits per heavy atom. The number of benzene rings is 1. The molecule has 0 unspecified atom stereocenters. The second-order valence-corrected chi connectivity index (χ2v) is 6.88. The Bertz CT molecular complexity index is 723. The van der Waals surface area contributed by atoms with E-state index in [2.05, 4.69) is 10.3 Å².